The second-order valence-electron chi connectivity index (χ2n) is 11.5. The Balaban J connectivity index is 1.11. The number of aliphatic carboxylic acids is 1. The van der Waals surface area contributed by atoms with Crippen LogP contribution in [0.4, 0.5) is 17.2 Å². The van der Waals surface area contributed by atoms with Crippen LogP contribution in [0, 0.1) is 5.92 Å². The first-order valence-corrected chi connectivity index (χ1v) is 15.9. The topological polar surface area (TPSA) is 138 Å². The highest BCUT2D eigenvalue weighted by Gasteiger charge is 2.33. The fourth-order valence-corrected chi connectivity index (χ4v) is 6.92. The highest BCUT2D eigenvalue weighted by atomic mass is 35.5. The minimum absolute atomic E-state index is 0.101. The molecule has 0 spiro atoms. The van der Waals surface area contributed by atoms with E-state index in [0.717, 1.165) is 25.1 Å². The van der Waals surface area contributed by atoms with Gasteiger partial charge in [0.05, 0.1) is 44.6 Å². The van der Waals surface area contributed by atoms with Gasteiger partial charge in [0.1, 0.15) is 5.52 Å². The largest absolute Gasteiger partial charge is 0.481 e. The summed E-state index contributed by atoms with van der Waals surface area (Å²) in [5.41, 5.74) is 4.96. The minimum Gasteiger partial charge on any atom is -0.481 e. The summed E-state index contributed by atoms with van der Waals surface area (Å²) < 4.78 is 1.90. The maximum atomic E-state index is 13.5. The standard InChI is InChI=1S/C33H30Cl2N8O3/c34-28-20(4-1-6-22(28)39-31-30-24(9-12-38-31)36-13-14-37-30)21-5-2-7-23(29(21)35)40-32(44)25-18-27-26(8-3-15-43(27)41-25)42-16-10-19(11-17-42)33(45)46/h1-2,4-7,9,12-14,18-19,26H,3,8,10-11,15-17H2,(H,38,39)(H,40,44)(H,45,46)/t26-/m1/s1. The number of carbonyl (C=O) groups is 2. The number of rotatable bonds is 7. The second kappa shape index (κ2) is 12.7. The van der Waals surface area contributed by atoms with Crippen LogP contribution in [0.25, 0.3) is 22.2 Å². The molecule has 0 saturated carbocycles. The highest BCUT2D eigenvalue weighted by Crippen LogP contribution is 2.41. The molecule has 7 rings (SSSR count). The zero-order valence-corrected chi connectivity index (χ0v) is 26.2. The normalized spacial score (nSPS) is 17.0. The molecule has 1 fully saturated rings. The first-order valence-electron chi connectivity index (χ1n) is 15.1. The summed E-state index contributed by atoms with van der Waals surface area (Å²) in [6, 6.07) is 14.7. The lowest BCUT2D eigenvalue weighted by Gasteiger charge is -2.38. The zero-order chi connectivity index (χ0) is 31.8. The van der Waals surface area contributed by atoms with Gasteiger partial charge in [-0.15, -0.1) is 0 Å². The van der Waals surface area contributed by atoms with Crippen LogP contribution < -0.4 is 10.6 Å². The minimum atomic E-state index is -0.727. The van der Waals surface area contributed by atoms with Gasteiger partial charge in [0.25, 0.3) is 5.91 Å². The number of carbonyl (C=O) groups excluding carboxylic acids is 1. The predicted molar refractivity (Wildman–Crippen MR) is 177 cm³/mol. The third-order valence-corrected chi connectivity index (χ3v) is 9.54. The summed E-state index contributed by atoms with van der Waals surface area (Å²) in [5, 5.41) is 21.0. The van der Waals surface area contributed by atoms with E-state index in [2.05, 4.69) is 35.6 Å². The summed E-state index contributed by atoms with van der Waals surface area (Å²) in [7, 11) is 0. The van der Waals surface area contributed by atoms with Crippen molar-refractivity contribution in [3.63, 3.8) is 0 Å². The molecule has 2 aliphatic heterocycles. The van der Waals surface area contributed by atoms with Crippen LogP contribution in [0.15, 0.2) is 67.1 Å². The zero-order valence-electron chi connectivity index (χ0n) is 24.7. The quantitative estimate of drug-likeness (QED) is 0.172. The average molecular weight is 658 g/mol. The van der Waals surface area contributed by atoms with Crippen LogP contribution in [0.5, 0.6) is 0 Å². The smallest absolute Gasteiger partial charge is 0.306 e. The Morgan fingerprint density at radius 1 is 0.848 bits per heavy atom. The maximum absolute atomic E-state index is 13.5. The van der Waals surface area contributed by atoms with Crippen LogP contribution in [0.3, 0.4) is 0 Å². The van der Waals surface area contributed by atoms with Crippen LogP contribution in [-0.2, 0) is 11.3 Å². The summed E-state index contributed by atoms with van der Waals surface area (Å²) in [6.45, 7) is 2.15. The van der Waals surface area contributed by atoms with Crippen molar-refractivity contribution in [2.45, 2.75) is 38.3 Å². The SMILES string of the molecule is O=C(Nc1cccc(-c2cccc(Nc3nccc4nccnc34)c2Cl)c1Cl)c1cc2n(n1)CCC[C@H]2N1CCC(C(=O)O)CC1. The third-order valence-electron chi connectivity index (χ3n) is 8.73. The van der Waals surface area contributed by atoms with Crippen molar-refractivity contribution < 1.29 is 14.7 Å². The van der Waals surface area contributed by atoms with E-state index in [1.54, 1.807) is 30.7 Å². The van der Waals surface area contributed by atoms with Crippen molar-refractivity contribution in [2.75, 3.05) is 23.7 Å². The van der Waals surface area contributed by atoms with Crippen molar-refractivity contribution in [3.8, 4) is 11.1 Å². The van der Waals surface area contributed by atoms with Crippen LogP contribution in [0.1, 0.15) is 47.9 Å². The molecule has 2 aliphatic rings. The molecule has 0 radical (unpaired) electrons. The van der Waals surface area contributed by atoms with E-state index < -0.39 is 5.97 Å². The molecular formula is C33H30Cl2N8O3. The molecule has 1 amide bonds. The number of piperidine rings is 1. The van der Waals surface area contributed by atoms with Crippen molar-refractivity contribution in [1.29, 1.82) is 0 Å². The monoisotopic (exact) mass is 656 g/mol. The number of fused-ring (bicyclic) bond motifs is 2. The van der Waals surface area contributed by atoms with Gasteiger partial charge in [0.2, 0.25) is 0 Å². The lowest BCUT2D eigenvalue weighted by atomic mass is 9.93. The number of likely N-dealkylation sites (tertiary alicyclic amines) is 1. The Morgan fingerprint density at radius 2 is 1.57 bits per heavy atom. The van der Waals surface area contributed by atoms with Crippen LogP contribution in [-0.4, -0.2) is 59.7 Å². The molecule has 13 heteroatoms. The number of aryl methyl sites for hydroxylation is 1. The summed E-state index contributed by atoms with van der Waals surface area (Å²) in [6.07, 6.45) is 8.01. The van der Waals surface area contributed by atoms with E-state index in [-0.39, 0.29) is 17.9 Å². The first-order chi connectivity index (χ1) is 22.4. The molecule has 11 nitrogen and oxygen atoms in total. The number of anilines is 3. The van der Waals surface area contributed by atoms with Gasteiger partial charge in [0, 0.05) is 36.3 Å². The Labute approximate surface area is 274 Å². The van der Waals surface area contributed by atoms with E-state index in [1.807, 2.05) is 41.1 Å². The Bertz CT molecular complexity index is 1950. The highest BCUT2D eigenvalue weighted by molar-refractivity contribution is 6.39. The molecule has 2 aromatic carbocycles. The van der Waals surface area contributed by atoms with Gasteiger partial charge < -0.3 is 15.7 Å². The number of carboxylic acids is 1. The van der Waals surface area contributed by atoms with Gasteiger partial charge in [-0.05, 0) is 63.0 Å². The van der Waals surface area contributed by atoms with Crippen LogP contribution >= 0.6 is 23.2 Å². The van der Waals surface area contributed by atoms with Gasteiger partial charge in [0.15, 0.2) is 11.5 Å². The molecule has 234 valence electrons. The Kier molecular flexibility index (Phi) is 8.29. The fraction of sp³-hybridized carbons (Fsp3) is 0.273. The molecule has 0 unspecified atom stereocenters. The Hall–Kier alpha value is -4.58. The van der Waals surface area contributed by atoms with E-state index >= 15 is 0 Å². The number of aromatic nitrogens is 5. The average Bonchev–Trinajstić information content (AvgIpc) is 3.52. The number of benzene rings is 2. The van der Waals surface area contributed by atoms with E-state index in [9.17, 15) is 14.7 Å². The molecule has 5 aromatic rings. The van der Waals surface area contributed by atoms with Gasteiger partial charge >= 0.3 is 5.97 Å². The van der Waals surface area contributed by atoms with E-state index in [0.29, 0.717) is 81.0 Å². The van der Waals surface area contributed by atoms with Crippen molar-refractivity contribution in [1.82, 2.24) is 29.6 Å². The Morgan fingerprint density at radius 3 is 2.33 bits per heavy atom. The number of pyridine rings is 1. The molecule has 1 atom stereocenters. The molecule has 1 saturated heterocycles. The molecule has 0 aliphatic carbocycles. The third kappa shape index (κ3) is 5.77. The number of halogens is 2. The van der Waals surface area contributed by atoms with Gasteiger partial charge in [-0.3, -0.25) is 24.2 Å². The molecule has 3 aromatic heterocycles. The summed E-state index contributed by atoms with van der Waals surface area (Å²) in [4.78, 5) is 40.4. The number of nitrogens with one attached hydrogen (secondary N) is 2. The number of hydrogen-bond donors (Lipinski definition) is 3. The number of hydrogen-bond acceptors (Lipinski definition) is 8. The van der Waals surface area contributed by atoms with Crippen molar-refractivity contribution >= 4 is 63.3 Å². The molecule has 46 heavy (non-hydrogen) atoms. The first kappa shape index (κ1) is 30.1. The predicted octanol–water partition coefficient (Wildman–Crippen LogP) is 6.82. The number of amides is 1. The molecule has 3 N–H and O–H groups in total. The van der Waals surface area contributed by atoms with Crippen LogP contribution in [0.2, 0.25) is 10.0 Å². The lowest BCUT2D eigenvalue weighted by Crippen LogP contribution is -2.40. The molecule has 0 bridgehead atoms. The summed E-state index contributed by atoms with van der Waals surface area (Å²) in [5.74, 6) is -0.869. The summed E-state index contributed by atoms with van der Waals surface area (Å²) >= 11 is 13.8. The second-order valence-corrected chi connectivity index (χ2v) is 12.2. The van der Waals surface area contributed by atoms with Gasteiger partial charge in [-0.1, -0.05) is 47.5 Å². The maximum Gasteiger partial charge on any atom is 0.306 e. The number of nitrogens with zero attached hydrogens (tertiary/aromatic N) is 6. The van der Waals surface area contributed by atoms with Gasteiger partial charge in [-0.2, -0.15) is 5.10 Å². The van der Waals surface area contributed by atoms with E-state index in [4.69, 9.17) is 23.2 Å². The lowest BCUT2D eigenvalue weighted by molar-refractivity contribution is -0.143. The molecule has 5 heterocycles. The van der Waals surface area contributed by atoms with E-state index in [1.165, 1.54) is 0 Å². The number of carboxylic acid groups (broad SMARTS) is 1. The van der Waals surface area contributed by atoms with Gasteiger partial charge in [-0.25, -0.2) is 9.97 Å². The molecular weight excluding hydrogens is 627 g/mol. The van der Waals surface area contributed by atoms with Crippen molar-refractivity contribution in [2.24, 2.45) is 5.92 Å². The fourth-order valence-electron chi connectivity index (χ4n) is 6.37. The van der Waals surface area contributed by atoms with Crippen molar-refractivity contribution in [3.05, 3.63) is 88.6 Å².